The normalized spacial score (nSPS) is 17.5. The number of nitrogens with one attached hydrogen (secondary N) is 2. The summed E-state index contributed by atoms with van der Waals surface area (Å²) in [6.45, 7) is 6.94. The maximum Gasteiger partial charge on any atom is 0.191 e. The zero-order valence-electron chi connectivity index (χ0n) is 15.0. The smallest absolute Gasteiger partial charge is 0.191 e. The Hall–Kier alpha value is -1.59. The van der Waals surface area contributed by atoms with Gasteiger partial charge in [-0.1, -0.05) is 30.3 Å². The second-order valence-electron chi connectivity index (χ2n) is 6.16. The molecule has 1 heterocycles. The molecular formula is C19H31N3O2. The van der Waals surface area contributed by atoms with Crippen molar-refractivity contribution in [3.05, 3.63) is 35.9 Å². The third-order valence-corrected chi connectivity index (χ3v) is 4.62. The van der Waals surface area contributed by atoms with Gasteiger partial charge in [-0.15, -0.1) is 0 Å². The average molecular weight is 333 g/mol. The molecule has 134 valence electrons. The van der Waals surface area contributed by atoms with Gasteiger partial charge in [-0.2, -0.15) is 0 Å². The van der Waals surface area contributed by atoms with Crippen LogP contribution >= 0.6 is 0 Å². The van der Waals surface area contributed by atoms with Crippen LogP contribution in [0, 0.1) is 0 Å². The van der Waals surface area contributed by atoms with Crippen molar-refractivity contribution in [1.82, 2.24) is 10.6 Å². The molecule has 5 heteroatoms. The third kappa shape index (κ3) is 5.49. The number of aliphatic imine (C=N–C) groups is 1. The summed E-state index contributed by atoms with van der Waals surface area (Å²) in [6, 6.07) is 10.8. The lowest BCUT2D eigenvalue weighted by molar-refractivity contribution is 0.0514. The van der Waals surface area contributed by atoms with E-state index in [2.05, 4.69) is 46.0 Å². The van der Waals surface area contributed by atoms with Crippen LogP contribution < -0.4 is 10.6 Å². The van der Waals surface area contributed by atoms with Gasteiger partial charge in [-0.3, -0.25) is 4.99 Å². The van der Waals surface area contributed by atoms with Crippen LogP contribution in [0.15, 0.2) is 35.3 Å². The third-order valence-electron chi connectivity index (χ3n) is 4.62. The summed E-state index contributed by atoms with van der Waals surface area (Å²) >= 11 is 0. The highest BCUT2D eigenvalue weighted by Gasteiger charge is 2.34. The molecule has 0 amide bonds. The van der Waals surface area contributed by atoms with Gasteiger partial charge in [0.25, 0.3) is 0 Å². The van der Waals surface area contributed by atoms with E-state index >= 15 is 0 Å². The van der Waals surface area contributed by atoms with Crippen LogP contribution in [0.2, 0.25) is 0 Å². The lowest BCUT2D eigenvalue weighted by Gasteiger charge is -2.38. The van der Waals surface area contributed by atoms with Crippen LogP contribution in [-0.4, -0.2) is 52.5 Å². The SMILES string of the molecule is CCOCCCNC(=NC)NCC1(c2ccccc2)CCOCC1. The van der Waals surface area contributed by atoms with Crippen molar-refractivity contribution in [1.29, 1.82) is 0 Å². The maximum atomic E-state index is 5.59. The van der Waals surface area contributed by atoms with Crippen molar-refractivity contribution in [3.63, 3.8) is 0 Å². The molecule has 1 saturated heterocycles. The Balaban J connectivity index is 1.90. The molecule has 24 heavy (non-hydrogen) atoms. The lowest BCUT2D eigenvalue weighted by atomic mass is 9.74. The summed E-state index contributed by atoms with van der Waals surface area (Å²) in [5, 5.41) is 6.88. The number of guanidine groups is 1. The molecule has 1 aromatic rings. The minimum atomic E-state index is 0.114. The monoisotopic (exact) mass is 333 g/mol. The molecule has 0 atom stereocenters. The molecule has 0 aromatic heterocycles. The highest BCUT2D eigenvalue weighted by atomic mass is 16.5. The molecule has 0 unspecified atom stereocenters. The minimum Gasteiger partial charge on any atom is -0.382 e. The van der Waals surface area contributed by atoms with Gasteiger partial charge in [0.2, 0.25) is 0 Å². The fraction of sp³-hybridized carbons (Fsp3) is 0.632. The van der Waals surface area contributed by atoms with Crippen molar-refractivity contribution in [3.8, 4) is 0 Å². The van der Waals surface area contributed by atoms with Crippen LogP contribution in [-0.2, 0) is 14.9 Å². The number of hydrogen-bond donors (Lipinski definition) is 2. The van der Waals surface area contributed by atoms with Gasteiger partial charge in [0.15, 0.2) is 5.96 Å². The van der Waals surface area contributed by atoms with Crippen molar-refractivity contribution in [2.45, 2.75) is 31.6 Å². The predicted octanol–water partition coefficient (Wildman–Crippen LogP) is 2.33. The molecule has 0 saturated carbocycles. The second-order valence-corrected chi connectivity index (χ2v) is 6.16. The standard InChI is InChI=1S/C19H31N3O2/c1-3-23-13-7-12-21-18(20-2)22-16-19(10-14-24-15-11-19)17-8-5-4-6-9-17/h4-6,8-9H,3,7,10-16H2,1-2H3,(H2,20,21,22). The van der Waals surface area contributed by atoms with Crippen molar-refractivity contribution >= 4 is 5.96 Å². The minimum absolute atomic E-state index is 0.114. The van der Waals surface area contributed by atoms with E-state index in [1.54, 1.807) is 0 Å². The zero-order chi connectivity index (χ0) is 17.1. The molecule has 1 fully saturated rings. The molecule has 1 aromatic carbocycles. The zero-order valence-corrected chi connectivity index (χ0v) is 15.0. The largest absolute Gasteiger partial charge is 0.382 e. The van der Waals surface area contributed by atoms with Crippen molar-refractivity contribution in [2.24, 2.45) is 4.99 Å². The van der Waals surface area contributed by atoms with Gasteiger partial charge in [-0.25, -0.2) is 0 Å². The van der Waals surface area contributed by atoms with Gasteiger partial charge in [-0.05, 0) is 31.7 Å². The fourth-order valence-electron chi connectivity index (χ4n) is 3.12. The van der Waals surface area contributed by atoms with E-state index < -0.39 is 0 Å². The Bertz CT molecular complexity index is 485. The topological polar surface area (TPSA) is 54.9 Å². The second kappa shape index (κ2) is 10.3. The first kappa shape index (κ1) is 18.7. The van der Waals surface area contributed by atoms with Gasteiger partial charge in [0.1, 0.15) is 0 Å². The van der Waals surface area contributed by atoms with E-state index in [9.17, 15) is 0 Å². The summed E-state index contributed by atoms with van der Waals surface area (Å²) in [7, 11) is 1.82. The molecular weight excluding hydrogens is 302 g/mol. The van der Waals surface area contributed by atoms with E-state index in [1.165, 1.54) is 5.56 Å². The van der Waals surface area contributed by atoms with Crippen LogP contribution in [0.25, 0.3) is 0 Å². The molecule has 2 rings (SSSR count). The maximum absolute atomic E-state index is 5.59. The Kier molecular flexibility index (Phi) is 8.05. The first-order valence-corrected chi connectivity index (χ1v) is 8.96. The summed E-state index contributed by atoms with van der Waals surface area (Å²) in [5.74, 6) is 0.855. The molecule has 2 N–H and O–H groups in total. The Labute approximate surface area is 145 Å². The number of benzene rings is 1. The molecule has 0 radical (unpaired) electrons. The molecule has 0 bridgehead atoms. The fourth-order valence-corrected chi connectivity index (χ4v) is 3.12. The highest BCUT2D eigenvalue weighted by molar-refractivity contribution is 5.79. The summed E-state index contributed by atoms with van der Waals surface area (Å²) < 4.78 is 11.0. The predicted molar refractivity (Wildman–Crippen MR) is 98.6 cm³/mol. The van der Waals surface area contributed by atoms with Gasteiger partial charge >= 0.3 is 0 Å². The van der Waals surface area contributed by atoms with Crippen molar-refractivity contribution < 1.29 is 9.47 Å². The van der Waals surface area contributed by atoms with E-state index in [4.69, 9.17) is 9.47 Å². The number of rotatable bonds is 8. The molecule has 1 aliphatic heterocycles. The summed E-state index contributed by atoms with van der Waals surface area (Å²) in [4.78, 5) is 4.34. The van der Waals surface area contributed by atoms with E-state index in [1.807, 2.05) is 14.0 Å². The van der Waals surface area contributed by atoms with Crippen LogP contribution in [0.1, 0.15) is 31.7 Å². The number of nitrogens with zero attached hydrogens (tertiary/aromatic N) is 1. The van der Waals surface area contributed by atoms with E-state index in [0.717, 1.165) is 64.7 Å². The average Bonchev–Trinajstić information content (AvgIpc) is 2.65. The molecule has 0 aliphatic carbocycles. The van der Waals surface area contributed by atoms with E-state index in [-0.39, 0.29) is 5.41 Å². The van der Waals surface area contributed by atoms with Gasteiger partial charge in [0.05, 0.1) is 0 Å². The number of ether oxygens (including phenoxy) is 2. The highest BCUT2D eigenvalue weighted by Crippen LogP contribution is 2.34. The molecule has 1 aliphatic rings. The van der Waals surface area contributed by atoms with E-state index in [0.29, 0.717) is 0 Å². The summed E-state index contributed by atoms with van der Waals surface area (Å²) in [5.41, 5.74) is 1.50. The van der Waals surface area contributed by atoms with Crippen LogP contribution in [0.3, 0.4) is 0 Å². The first-order valence-electron chi connectivity index (χ1n) is 8.96. The van der Waals surface area contributed by atoms with Gasteiger partial charge < -0.3 is 20.1 Å². The molecule has 0 spiro atoms. The molecule has 5 nitrogen and oxygen atoms in total. The quantitative estimate of drug-likeness (QED) is 0.435. The number of hydrogen-bond acceptors (Lipinski definition) is 3. The summed E-state index contributed by atoms with van der Waals surface area (Å²) in [6.07, 6.45) is 3.04. The Morgan fingerprint density at radius 2 is 1.96 bits per heavy atom. The van der Waals surface area contributed by atoms with Crippen molar-refractivity contribution in [2.75, 3.05) is 46.6 Å². The lowest BCUT2D eigenvalue weighted by Crippen LogP contribution is -2.48. The first-order chi connectivity index (χ1) is 11.8. The van der Waals surface area contributed by atoms with Gasteiger partial charge in [0, 0.05) is 52.0 Å². The Morgan fingerprint density at radius 1 is 1.21 bits per heavy atom. The Morgan fingerprint density at radius 3 is 2.62 bits per heavy atom. The van der Waals surface area contributed by atoms with Crippen LogP contribution in [0.4, 0.5) is 0 Å². The van der Waals surface area contributed by atoms with Crippen LogP contribution in [0.5, 0.6) is 0 Å².